The molecule has 40 heavy (non-hydrogen) atoms. The average molecular weight is 509 g/mol. The van der Waals surface area contributed by atoms with E-state index in [1.807, 2.05) is 0 Å². The molecule has 0 radical (unpaired) electrons. The lowest BCUT2D eigenvalue weighted by molar-refractivity contribution is 1.05. The second-order valence-corrected chi connectivity index (χ2v) is 10.8. The van der Waals surface area contributed by atoms with Crippen LogP contribution < -0.4 is 0 Å². The molecule has 0 unspecified atom stereocenters. The molecule has 7 aromatic carbocycles. The van der Waals surface area contributed by atoms with Gasteiger partial charge in [0, 0.05) is 0 Å². The van der Waals surface area contributed by atoms with Gasteiger partial charge in [-0.1, -0.05) is 127 Å². The summed E-state index contributed by atoms with van der Waals surface area (Å²) in [6.07, 6.45) is 8.93. The van der Waals surface area contributed by atoms with Gasteiger partial charge < -0.3 is 0 Å². The molecule has 0 amide bonds. The van der Waals surface area contributed by atoms with Crippen molar-refractivity contribution >= 4 is 48.7 Å². The Morgan fingerprint density at radius 3 is 1.52 bits per heavy atom. The van der Waals surface area contributed by atoms with E-state index in [2.05, 4.69) is 146 Å². The molecule has 0 heterocycles. The van der Waals surface area contributed by atoms with E-state index in [1.54, 1.807) is 0 Å². The maximum atomic E-state index is 2.45. The van der Waals surface area contributed by atoms with Gasteiger partial charge in [-0.2, -0.15) is 0 Å². The molecule has 0 aromatic heterocycles. The molecule has 0 saturated carbocycles. The van der Waals surface area contributed by atoms with Crippen molar-refractivity contribution < 1.29 is 0 Å². The number of allylic oxidation sites excluding steroid dienone is 4. The van der Waals surface area contributed by atoms with Crippen molar-refractivity contribution in [3.05, 3.63) is 151 Å². The summed E-state index contributed by atoms with van der Waals surface area (Å²) in [7, 11) is 0. The summed E-state index contributed by atoms with van der Waals surface area (Å²) in [5.41, 5.74) is 7.88. The van der Waals surface area contributed by atoms with Gasteiger partial charge >= 0.3 is 0 Å². The van der Waals surface area contributed by atoms with Crippen LogP contribution in [0, 0.1) is 0 Å². The first-order valence-electron chi connectivity index (χ1n) is 14.2. The highest BCUT2D eigenvalue weighted by atomic mass is 14.2. The normalized spacial score (nSPS) is 13.3. The second kappa shape index (κ2) is 9.36. The highest BCUT2D eigenvalue weighted by molar-refractivity contribution is 6.22. The summed E-state index contributed by atoms with van der Waals surface area (Å²) >= 11 is 0. The van der Waals surface area contributed by atoms with Gasteiger partial charge in [0.05, 0.1) is 0 Å². The van der Waals surface area contributed by atoms with Gasteiger partial charge in [0.1, 0.15) is 0 Å². The minimum atomic E-state index is 1.08. The van der Waals surface area contributed by atoms with Gasteiger partial charge in [-0.05, 0) is 108 Å². The maximum absolute atomic E-state index is 2.45. The topological polar surface area (TPSA) is 0 Å². The van der Waals surface area contributed by atoms with Crippen LogP contribution in [0.2, 0.25) is 0 Å². The summed E-state index contributed by atoms with van der Waals surface area (Å²) in [6.45, 7) is 0. The van der Waals surface area contributed by atoms with E-state index >= 15 is 0 Å². The number of fused-ring (bicyclic) bond motifs is 4. The van der Waals surface area contributed by atoms with E-state index in [0.29, 0.717) is 0 Å². The number of rotatable bonds is 3. The molecule has 0 saturated heterocycles. The van der Waals surface area contributed by atoms with E-state index in [1.165, 1.54) is 76.5 Å². The molecular formula is C40H28. The first-order chi connectivity index (χ1) is 19.8. The third kappa shape index (κ3) is 3.76. The molecule has 8 rings (SSSR count). The minimum absolute atomic E-state index is 1.08. The second-order valence-electron chi connectivity index (χ2n) is 10.8. The summed E-state index contributed by atoms with van der Waals surface area (Å²) in [5, 5.41) is 10.3. The Morgan fingerprint density at radius 1 is 0.400 bits per heavy atom. The fourth-order valence-electron chi connectivity index (χ4n) is 6.53. The van der Waals surface area contributed by atoms with Crippen molar-refractivity contribution in [2.75, 3.05) is 0 Å². The monoisotopic (exact) mass is 508 g/mol. The van der Waals surface area contributed by atoms with Gasteiger partial charge in [0.15, 0.2) is 0 Å². The average Bonchev–Trinajstić information content (AvgIpc) is 3.03. The van der Waals surface area contributed by atoms with E-state index in [4.69, 9.17) is 0 Å². The Bertz CT molecular complexity index is 2160. The first-order valence-corrected chi connectivity index (χ1v) is 14.2. The highest BCUT2D eigenvalue weighted by Crippen LogP contribution is 2.45. The van der Waals surface area contributed by atoms with Crippen LogP contribution in [0.5, 0.6) is 0 Å². The lowest BCUT2D eigenvalue weighted by atomic mass is 9.83. The molecule has 0 N–H and O–H groups in total. The molecule has 0 bridgehead atoms. The largest absolute Gasteiger partial charge is 0.0842 e. The molecule has 0 fully saturated rings. The Hall–Kier alpha value is -4.94. The molecule has 0 aliphatic heterocycles. The Kier molecular flexibility index (Phi) is 5.38. The molecule has 1 aliphatic rings. The zero-order valence-corrected chi connectivity index (χ0v) is 22.3. The molecule has 1 aliphatic carbocycles. The van der Waals surface area contributed by atoms with Gasteiger partial charge in [0.25, 0.3) is 0 Å². The first kappa shape index (κ1) is 23.0. The molecule has 188 valence electrons. The van der Waals surface area contributed by atoms with Crippen LogP contribution in [0.1, 0.15) is 18.4 Å². The zero-order chi connectivity index (χ0) is 26.5. The van der Waals surface area contributed by atoms with Gasteiger partial charge in [-0.15, -0.1) is 0 Å². The van der Waals surface area contributed by atoms with Crippen molar-refractivity contribution in [3.8, 4) is 22.3 Å². The van der Waals surface area contributed by atoms with Crippen LogP contribution in [0.15, 0.2) is 146 Å². The predicted octanol–water partition coefficient (Wildman–Crippen LogP) is 11.4. The van der Waals surface area contributed by atoms with E-state index in [0.717, 1.165) is 12.8 Å². The summed E-state index contributed by atoms with van der Waals surface area (Å²) in [5.74, 6) is 0. The fourth-order valence-corrected chi connectivity index (χ4v) is 6.53. The Morgan fingerprint density at radius 2 is 0.925 bits per heavy atom. The smallest absolute Gasteiger partial charge is 0.00259 e. The SMILES string of the molecule is C1=CCCC(c2ccc3c(-c4ccc5ccccc5c4)c4ccccc4c(-c4ccc5ccccc5c4)c3c2)=C1. The number of hydrogen-bond acceptors (Lipinski definition) is 0. The summed E-state index contributed by atoms with van der Waals surface area (Å²) < 4.78 is 0. The molecule has 0 atom stereocenters. The van der Waals surface area contributed by atoms with E-state index < -0.39 is 0 Å². The molecule has 7 aromatic rings. The highest BCUT2D eigenvalue weighted by Gasteiger charge is 2.18. The van der Waals surface area contributed by atoms with Crippen LogP contribution in [0.3, 0.4) is 0 Å². The van der Waals surface area contributed by atoms with E-state index in [-0.39, 0.29) is 0 Å². The van der Waals surface area contributed by atoms with E-state index in [9.17, 15) is 0 Å². The van der Waals surface area contributed by atoms with Gasteiger partial charge in [-0.25, -0.2) is 0 Å². The van der Waals surface area contributed by atoms with Crippen LogP contribution in [-0.2, 0) is 0 Å². The molecule has 0 heteroatoms. The minimum Gasteiger partial charge on any atom is -0.0842 e. The zero-order valence-electron chi connectivity index (χ0n) is 22.3. The van der Waals surface area contributed by atoms with Crippen LogP contribution >= 0.6 is 0 Å². The van der Waals surface area contributed by atoms with Crippen LogP contribution in [0.25, 0.3) is 70.9 Å². The third-order valence-electron chi connectivity index (χ3n) is 8.48. The molecular weight excluding hydrogens is 480 g/mol. The third-order valence-corrected chi connectivity index (χ3v) is 8.48. The number of benzene rings is 7. The van der Waals surface area contributed by atoms with Gasteiger partial charge in [-0.3, -0.25) is 0 Å². The molecule has 0 spiro atoms. The van der Waals surface area contributed by atoms with Gasteiger partial charge in [0.2, 0.25) is 0 Å². The van der Waals surface area contributed by atoms with Crippen LogP contribution in [-0.4, -0.2) is 0 Å². The van der Waals surface area contributed by atoms with Crippen molar-refractivity contribution in [1.29, 1.82) is 0 Å². The van der Waals surface area contributed by atoms with Crippen molar-refractivity contribution in [3.63, 3.8) is 0 Å². The summed E-state index contributed by atoms with van der Waals surface area (Å²) in [6, 6.07) is 47.2. The molecule has 0 nitrogen and oxygen atoms in total. The maximum Gasteiger partial charge on any atom is -0.00259 e. The Balaban J connectivity index is 1.50. The lowest BCUT2D eigenvalue weighted by Crippen LogP contribution is -1.94. The van der Waals surface area contributed by atoms with Crippen molar-refractivity contribution in [1.82, 2.24) is 0 Å². The Labute approximate surface area is 234 Å². The quantitative estimate of drug-likeness (QED) is 0.208. The van der Waals surface area contributed by atoms with Crippen molar-refractivity contribution in [2.45, 2.75) is 12.8 Å². The number of hydrogen-bond donors (Lipinski definition) is 0. The lowest BCUT2D eigenvalue weighted by Gasteiger charge is -2.20. The summed E-state index contributed by atoms with van der Waals surface area (Å²) in [4.78, 5) is 0. The van der Waals surface area contributed by atoms with Crippen LogP contribution in [0.4, 0.5) is 0 Å². The standard InChI is InChI=1S/C40H28/c1-2-10-27(11-3-1)32-22-23-37-38(26-32)40(34-21-19-29-13-5-7-15-31(29)25-34)36-17-9-8-16-35(36)39(37)33-20-18-28-12-4-6-14-30(28)24-33/h1-2,4-10,12-26H,3,11H2. The predicted molar refractivity (Wildman–Crippen MR) is 174 cm³/mol. The fraction of sp³-hybridized carbons (Fsp3) is 0.0500. The van der Waals surface area contributed by atoms with Crippen molar-refractivity contribution in [2.24, 2.45) is 0 Å².